The lowest BCUT2D eigenvalue weighted by Crippen LogP contribution is -2.51. The molecule has 0 fully saturated rings. The van der Waals surface area contributed by atoms with Gasteiger partial charge in [-0.25, -0.2) is 0 Å². The molecule has 0 spiro atoms. The zero-order valence-electron chi connectivity index (χ0n) is 20.5. The molecule has 0 aromatic rings. The molecular formula is C22H46O2Si3. The molecule has 0 saturated heterocycles. The topological polar surface area (TPSA) is 18.5 Å². The molecule has 0 unspecified atom stereocenters. The summed E-state index contributed by atoms with van der Waals surface area (Å²) in [6.07, 6.45) is 2.48. The minimum absolute atomic E-state index is 0.0543. The predicted octanol–water partition coefficient (Wildman–Crippen LogP) is 7.22. The third kappa shape index (κ3) is 8.82. The SMILES string of the molecule is C=C[C@H](O[Si](C)(C)C(C)(C)C)[C@H](CC#C[Si](C)(C)C)O[Si](C)(C)C(C)(C)C. The molecule has 0 radical (unpaired) electrons. The van der Waals surface area contributed by atoms with Crippen LogP contribution < -0.4 is 0 Å². The van der Waals surface area contributed by atoms with Crippen LogP contribution >= 0.6 is 0 Å². The standard InChI is InChI=1S/C22H46O2Si3/c1-15-19(23-26(11,12)21(2,3)4)20(17-16-18-25(8,9)10)24-27(13,14)22(5,6)7/h15,19-20H,1,17H2,2-14H3/t19-,20-/m0/s1. The van der Waals surface area contributed by atoms with Crippen LogP contribution in [-0.2, 0) is 8.85 Å². The molecule has 0 bridgehead atoms. The average molecular weight is 427 g/mol. The highest BCUT2D eigenvalue weighted by molar-refractivity contribution is 6.83. The summed E-state index contributed by atoms with van der Waals surface area (Å²) < 4.78 is 13.5. The van der Waals surface area contributed by atoms with Crippen LogP contribution in [0.5, 0.6) is 0 Å². The maximum Gasteiger partial charge on any atom is 0.193 e. The van der Waals surface area contributed by atoms with Crippen LogP contribution in [0.25, 0.3) is 0 Å². The Bertz CT molecular complexity index is 549. The minimum Gasteiger partial charge on any atom is -0.410 e. The van der Waals surface area contributed by atoms with E-state index in [1.54, 1.807) is 0 Å². The summed E-state index contributed by atoms with van der Waals surface area (Å²) >= 11 is 0. The lowest BCUT2D eigenvalue weighted by molar-refractivity contribution is 0.0670. The van der Waals surface area contributed by atoms with Gasteiger partial charge >= 0.3 is 0 Å². The predicted molar refractivity (Wildman–Crippen MR) is 130 cm³/mol. The van der Waals surface area contributed by atoms with Gasteiger partial charge < -0.3 is 8.85 Å². The number of hydrogen-bond acceptors (Lipinski definition) is 2. The zero-order chi connectivity index (χ0) is 21.9. The molecule has 5 heteroatoms. The maximum atomic E-state index is 6.81. The summed E-state index contributed by atoms with van der Waals surface area (Å²) in [7, 11) is -5.26. The first-order chi connectivity index (χ1) is 11.7. The van der Waals surface area contributed by atoms with Gasteiger partial charge in [0.25, 0.3) is 0 Å². The van der Waals surface area contributed by atoms with Crippen molar-refractivity contribution in [1.82, 2.24) is 0 Å². The second-order valence-electron chi connectivity index (χ2n) is 11.8. The summed E-state index contributed by atoms with van der Waals surface area (Å²) in [4.78, 5) is 0. The molecule has 0 heterocycles. The van der Waals surface area contributed by atoms with Gasteiger partial charge in [-0.15, -0.1) is 18.0 Å². The fourth-order valence-electron chi connectivity index (χ4n) is 1.99. The van der Waals surface area contributed by atoms with Crippen LogP contribution in [0, 0.1) is 11.5 Å². The van der Waals surface area contributed by atoms with E-state index < -0.39 is 24.7 Å². The first-order valence-corrected chi connectivity index (χ1v) is 19.5. The number of hydrogen-bond donors (Lipinski definition) is 0. The fraction of sp³-hybridized carbons (Fsp3) is 0.818. The molecule has 0 N–H and O–H groups in total. The van der Waals surface area contributed by atoms with E-state index in [-0.39, 0.29) is 22.3 Å². The molecule has 0 aliphatic carbocycles. The van der Waals surface area contributed by atoms with Crippen molar-refractivity contribution < 1.29 is 8.85 Å². The first kappa shape index (κ1) is 26.9. The lowest BCUT2D eigenvalue weighted by atomic mass is 10.1. The molecular weight excluding hydrogens is 380 g/mol. The van der Waals surface area contributed by atoms with Crippen LogP contribution in [0.4, 0.5) is 0 Å². The first-order valence-electron chi connectivity index (χ1n) is 10.2. The Labute approximate surface area is 173 Å². The normalized spacial score (nSPS) is 16.3. The third-order valence-electron chi connectivity index (χ3n) is 5.85. The molecule has 2 nitrogen and oxygen atoms in total. The van der Waals surface area contributed by atoms with Gasteiger partial charge in [0.15, 0.2) is 16.6 Å². The Morgan fingerprint density at radius 2 is 1.22 bits per heavy atom. The van der Waals surface area contributed by atoms with E-state index in [1.807, 2.05) is 6.08 Å². The summed E-state index contributed by atoms with van der Waals surface area (Å²) in [5, 5.41) is 0.305. The van der Waals surface area contributed by atoms with Crippen LogP contribution in [0.15, 0.2) is 12.7 Å². The van der Waals surface area contributed by atoms with Crippen molar-refractivity contribution in [3.63, 3.8) is 0 Å². The molecule has 0 amide bonds. The largest absolute Gasteiger partial charge is 0.410 e. The van der Waals surface area contributed by atoms with Crippen molar-refractivity contribution in [1.29, 1.82) is 0 Å². The Kier molecular flexibility index (Phi) is 9.08. The second kappa shape index (κ2) is 9.13. The van der Waals surface area contributed by atoms with Crippen molar-refractivity contribution in [2.24, 2.45) is 0 Å². The van der Waals surface area contributed by atoms with Gasteiger partial charge in [0.1, 0.15) is 8.07 Å². The average Bonchev–Trinajstić information content (AvgIpc) is 2.39. The van der Waals surface area contributed by atoms with E-state index in [9.17, 15) is 0 Å². The van der Waals surface area contributed by atoms with Gasteiger partial charge in [-0.05, 0) is 36.3 Å². The Morgan fingerprint density at radius 1 is 0.815 bits per heavy atom. The minimum atomic E-state index is -1.93. The molecule has 0 aliphatic heterocycles. The van der Waals surface area contributed by atoms with Crippen LogP contribution in [-0.4, -0.2) is 36.9 Å². The van der Waals surface area contributed by atoms with E-state index in [1.165, 1.54) is 0 Å². The molecule has 27 heavy (non-hydrogen) atoms. The molecule has 2 atom stereocenters. The highest BCUT2D eigenvalue weighted by Crippen LogP contribution is 2.40. The molecule has 0 saturated carbocycles. The molecule has 0 rings (SSSR count). The van der Waals surface area contributed by atoms with Crippen LogP contribution in [0.2, 0.25) is 55.9 Å². The summed E-state index contributed by atoms with van der Waals surface area (Å²) in [5.74, 6) is 3.44. The van der Waals surface area contributed by atoms with E-state index >= 15 is 0 Å². The highest BCUT2D eigenvalue weighted by Gasteiger charge is 2.43. The zero-order valence-corrected chi connectivity index (χ0v) is 23.5. The van der Waals surface area contributed by atoms with Crippen LogP contribution in [0.3, 0.4) is 0 Å². The van der Waals surface area contributed by atoms with E-state index in [4.69, 9.17) is 8.85 Å². The summed E-state index contributed by atoms with van der Waals surface area (Å²) in [6, 6.07) is 0. The third-order valence-corrected chi connectivity index (χ3v) is 15.8. The van der Waals surface area contributed by atoms with Crippen LogP contribution in [0.1, 0.15) is 48.0 Å². The Morgan fingerprint density at radius 3 is 1.56 bits per heavy atom. The van der Waals surface area contributed by atoms with Gasteiger partial charge in [0.2, 0.25) is 0 Å². The van der Waals surface area contributed by atoms with Gasteiger partial charge in [0.05, 0.1) is 12.2 Å². The molecule has 158 valence electrons. The molecule has 0 aliphatic rings. The van der Waals surface area contributed by atoms with E-state index in [0.29, 0.717) is 6.42 Å². The molecule has 0 aromatic carbocycles. The van der Waals surface area contributed by atoms with Gasteiger partial charge in [0, 0.05) is 6.42 Å². The van der Waals surface area contributed by atoms with Gasteiger partial charge in [-0.3, -0.25) is 0 Å². The summed E-state index contributed by atoms with van der Waals surface area (Å²) in [6.45, 7) is 33.8. The summed E-state index contributed by atoms with van der Waals surface area (Å²) in [5.41, 5.74) is 3.49. The van der Waals surface area contributed by atoms with E-state index in [0.717, 1.165) is 0 Å². The fourth-order valence-corrected chi connectivity index (χ4v) is 5.23. The second-order valence-corrected chi connectivity index (χ2v) is 26.0. The van der Waals surface area contributed by atoms with Crippen molar-refractivity contribution in [3.8, 4) is 11.5 Å². The van der Waals surface area contributed by atoms with Crippen molar-refractivity contribution in [2.75, 3.05) is 0 Å². The highest BCUT2D eigenvalue weighted by atomic mass is 28.4. The molecule has 0 aromatic heterocycles. The smallest absolute Gasteiger partial charge is 0.193 e. The van der Waals surface area contributed by atoms with Gasteiger partial charge in [-0.2, -0.15) is 0 Å². The van der Waals surface area contributed by atoms with Gasteiger partial charge in [-0.1, -0.05) is 67.3 Å². The number of rotatable bonds is 7. The van der Waals surface area contributed by atoms with Crippen molar-refractivity contribution in [2.45, 2.75) is 116 Å². The quantitative estimate of drug-likeness (QED) is 0.243. The maximum absolute atomic E-state index is 6.81. The Hall–Kier alpha value is -0.129. The van der Waals surface area contributed by atoms with Crippen molar-refractivity contribution >= 4 is 24.7 Å². The van der Waals surface area contributed by atoms with Crippen molar-refractivity contribution in [3.05, 3.63) is 12.7 Å². The lowest BCUT2D eigenvalue weighted by Gasteiger charge is -2.44. The monoisotopic (exact) mass is 426 g/mol. The van der Waals surface area contributed by atoms with E-state index in [2.05, 4.69) is 105 Å². The Balaban J connectivity index is 5.77.